The number of rotatable bonds is 6. The highest BCUT2D eigenvalue weighted by Crippen LogP contribution is 2.22. The van der Waals surface area contributed by atoms with Crippen LogP contribution in [0, 0.1) is 5.82 Å². The quantitative estimate of drug-likeness (QED) is 0.562. The van der Waals surface area contributed by atoms with Crippen LogP contribution in [0.1, 0.15) is 15.9 Å². The van der Waals surface area contributed by atoms with Crippen molar-refractivity contribution in [3.05, 3.63) is 94.2 Å². The molecule has 0 fully saturated rings. The van der Waals surface area contributed by atoms with Gasteiger partial charge in [0.15, 0.2) is 0 Å². The molecule has 1 N–H and O–H groups in total. The van der Waals surface area contributed by atoms with Gasteiger partial charge in [-0.2, -0.15) is 4.31 Å². The summed E-state index contributed by atoms with van der Waals surface area (Å²) in [6.45, 7) is 0.245. The summed E-state index contributed by atoms with van der Waals surface area (Å²) in [5, 5.41) is 2.63. The van der Waals surface area contributed by atoms with Gasteiger partial charge in [-0.15, -0.1) is 0 Å². The van der Waals surface area contributed by atoms with E-state index in [4.69, 9.17) is 0 Å². The van der Waals surface area contributed by atoms with Crippen LogP contribution in [0.4, 0.5) is 10.1 Å². The topological polar surface area (TPSA) is 66.5 Å². The molecule has 0 saturated heterocycles. The molecule has 0 unspecified atom stereocenters. The first-order chi connectivity index (χ1) is 13.8. The average molecular weight is 477 g/mol. The fourth-order valence-corrected chi connectivity index (χ4v) is 4.27. The third-order valence-electron chi connectivity index (χ3n) is 4.24. The molecule has 0 bridgehead atoms. The Balaban J connectivity index is 1.73. The minimum atomic E-state index is -3.68. The van der Waals surface area contributed by atoms with Crippen LogP contribution in [-0.2, 0) is 16.6 Å². The SMILES string of the molecule is CN(Cc1ccccc1)S(=O)(=O)c1ccc(NC(=O)c2cc(F)ccc2Br)cc1. The fraction of sp³-hybridized carbons (Fsp3) is 0.0952. The van der Waals surface area contributed by atoms with Gasteiger partial charge in [-0.3, -0.25) is 4.79 Å². The Labute approximate surface area is 177 Å². The molecule has 150 valence electrons. The number of amides is 1. The van der Waals surface area contributed by atoms with Gasteiger partial charge in [0.25, 0.3) is 5.91 Å². The van der Waals surface area contributed by atoms with Crippen LogP contribution in [0.2, 0.25) is 0 Å². The molecular weight excluding hydrogens is 459 g/mol. The van der Waals surface area contributed by atoms with E-state index in [1.165, 1.54) is 47.8 Å². The van der Waals surface area contributed by atoms with E-state index in [1.54, 1.807) is 0 Å². The molecule has 8 heteroatoms. The van der Waals surface area contributed by atoms with Crippen LogP contribution >= 0.6 is 15.9 Å². The lowest BCUT2D eigenvalue weighted by atomic mass is 10.2. The van der Waals surface area contributed by atoms with E-state index in [0.717, 1.165) is 11.6 Å². The second-order valence-electron chi connectivity index (χ2n) is 6.35. The predicted octanol–water partition coefficient (Wildman–Crippen LogP) is 4.66. The molecule has 0 atom stereocenters. The Morgan fingerprint density at radius 2 is 1.69 bits per heavy atom. The smallest absolute Gasteiger partial charge is 0.256 e. The lowest BCUT2D eigenvalue weighted by molar-refractivity contribution is 0.102. The lowest BCUT2D eigenvalue weighted by Gasteiger charge is -2.17. The molecule has 0 saturated carbocycles. The molecule has 3 rings (SSSR count). The Morgan fingerprint density at radius 1 is 1.03 bits per heavy atom. The normalized spacial score (nSPS) is 11.4. The van der Waals surface area contributed by atoms with E-state index in [2.05, 4.69) is 21.2 Å². The molecule has 0 heterocycles. The van der Waals surface area contributed by atoms with E-state index in [0.29, 0.717) is 10.2 Å². The van der Waals surface area contributed by atoms with Crippen LogP contribution in [-0.4, -0.2) is 25.7 Å². The van der Waals surface area contributed by atoms with Crippen LogP contribution in [0.3, 0.4) is 0 Å². The number of benzene rings is 3. The summed E-state index contributed by atoms with van der Waals surface area (Å²) in [6.07, 6.45) is 0. The maximum atomic E-state index is 13.4. The van der Waals surface area contributed by atoms with Crippen molar-refractivity contribution < 1.29 is 17.6 Å². The first-order valence-electron chi connectivity index (χ1n) is 8.64. The number of sulfonamides is 1. The highest BCUT2D eigenvalue weighted by atomic mass is 79.9. The Bertz CT molecular complexity index is 1120. The monoisotopic (exact) mass is 476 g/mol. The van der Waals surface area contributed by atoms with Gasteiger partial charge in [0.2, 0.25) is 10.0 Å². The highest BCUT2D eigenvalue weighted by molar-refractivity contribution is 9.10. The molecule has 5 nitrogen and oxygen atoms in total. The summed E-state index contributed by atoms with van der Waals surface area (Å²) in [5.41, 5.74) is 1.42. The van der Waals surface area contributed by atoms with Crippen molar-refractivity contribution in [2.24, 2.45) is 0 Å². The maximum Gasteiger partial charge on any atom is 0.256 e. The van der Waals surface area contributed by atoms with E-state index >= 15 is 0 Å². The molecule has 0 aromatic heterocycles. The number of hydrogen-bond acceptors (Lipinski definition) is 3. The largest absolute Gasteiger partial charge is 0.322 e. The van der Waals surface area contributed by atoms with Gasteiger partial charge < -0.3 is 5.32 Å². The molecule has 3 aromatic rings. The zero-order chi connectivity index (χ0) is 21.0. The minimum absolute atomic E-state index is 0.112. The number of anilines is 1. The number of halogens is 2. The number of carbonyl (C=O) groups is 1. The Morgan fingerprint density at radius 3 is 2.34 bits per heavy atom. The molecule has 0 aliphatic carbocycles. The van der Waals surface area contributed by atoms with E-state index in [9.17, 15) is 17.6 Å². The first-order valence-corrected chi connectivity index (χ1v) is 10.9. The molecule has 0 spiro atoms. The summed E-state index contributed by atoms with van der Waals surface area (Å²) in [6, 6.07) is 18.9. The number of nitrogens with zero attached hydrogens (tertiary/aromatic N) is 1. The molecule has 0 aliphatic heterocycles. The van der Waals surface area contributed by atoms with Gasteiger partial charge in [-0.1, -0.05) is 30.3 Å². The van der Waals surface area contributed by atoms with Crippen LogP contribution in [0.15, 0.2) is 82.2 Å². The molecular formula is C21H18BrFN2O3S. The van der Waals surface area contributed by atoms with Gasteiger partial charge in [-0.05, 0) is 64.0 Å². The van der Waals surface area contributed by atoms with Crippen LogP contribution < -0.4 is 5.32 Å². The average Bonchev–Trinajstić information content (AvgIpc) is 2.71. The van der Waals surface area contributed by atoms with Crippen molar-refractivity contribution in [3.63, 3.8) is 0 Å². The number of hydrogen-bond donors (Lipinski definition) is 1. The number of carbonyl (C=O) groups excluding carboxylic acids is 1. The zero-order valence-corrected chi connectivity index (χ0v) is 17.9. The van der Waals surface area contributed by atoms with Crippen molar-refractivity contribution in [2.75, 3.05) is 12.4 Å². The second-order valence-corrected chi connectivity index (χ2v) is 9.25. The first kappa shape index (κ1) is 21.2. The zero-order valence-electron chi connectivity index (χ0n) is 15.5. The van der Waals surface area contributed by atoms with Gasteiger partial charge >= 0.3 is 0 Å². The third kappa shape index (κ3) is 5.09. The van der Waals surface area contributed by atoms with Gasteiger partial charge in [0.1, 0.15) is 5.82 Å². The number of nitrogens with one attached hydrogen (secondary N) is 1. The predicted molar refractivity (Wildman–Crippen MR) is 114 cm³/mol. The van der Waals surface area contributed by atoms with Crippen molar-refractivity contribution >= 4 is 37.5 Å². The Hall–Kier alpha value is -2.55. The third-order valence-corrected chi connectivity index (χ3v) is 6.75. The standard InChI is InChI=1S/C21H18BrFN2O3S/c1-25(14-15-5-3-2-4-6-15)29(27,28)18-10-8-17(9-11-18)24-21(26)19-13-16(23)7-12-20(19)22/h2-13H,14H2,1H3,(H,24,26). The summed E-state index contributed by atoms with van der Waals surface area (Å²) in [4.78, 5) is 12.5. The van der Waals surface area contributed by atoms with Crippen molar-refractivity contribution in [3.8, 4) is 0 Å². The summed E-state index contributed by atoms with van der Waals surface area (Å²) < 4.78 is 40.6. The van der Waals surface area contributed by atoms with Crippen LogP contribution in [0.5, 0.6) is 0 Å². The summed E-state index contributed by atoms with van der Waals surface area (Å²) >= 11 is 3.21. The van der Waals surface area contributed by atoms with Gasteiger partial charge in [0, 0.05) is 23.8 Å². The lowest BCUT2D eigenvalue weighted by Crippen LogP contribution is -2.26. The molecule has 29 heavy (non-hydrogen) atoms. The van der Waals surface area contributed by atoms with Crippen molar-refractivity contribution in [1.29, 1.82) is 0 Å². The van der Waals surface area contributed by atoms with Gasteiger partial charge in [-0.25, -0.2) is 12.8 Å². The summed E-state index contributed by atoms with van der Waals surface area (Å²) in [5.74, 6) is -1.03. The summed E-state index contributed by atoms with van der Waals surface area (Å²) in [7, 11) is -2.17. The molecule has 3 aromatic carbocycles. The second kappa shape index (κ2) is 8.86. The van der Waals surface area contributed by atoms with Crippen molar-refractivity contribution in [1.82, 2.24) is 4.31 Å². The van der Waals surface area contributed by atoms with E-state index in [1.807, 2.05) is 30.3 Å². The minimum Gasteiger partial charge on any atom is -0.322 e. The van der Waals surface area contributed by atoms with Crippen LogP contribution in [0.25, 0.3) is 0 Å². The highest BCUT2D eigenvalue weighted by Gasteiger charge is 2.21. The van der Waals surface area contributed by atoms with E-state index < -0.39 is 21.7 Å². The Kier molecular flexibility index (Phi) is 6.46. The molecule has 1 amide bonds. The maximum absolute atomic E-state index is 13.4. The van der Waals surface area contributed by atoms with Gasteiger partial charge in [0.05, 0.1) is 10.5 Å². The molecule has 0 aliphatic rings. The van der Waals surface area contributed by atoms with E-state index in [-0.39, 0.29) is 17.0 Å². The van der Waals surface area contributed by atoms with Crippen molar-refractivity contribution in [2.45, 2.75) is 11.4 Å². The fourth-order valence-electron chi connectivity index (χ4n) is 2.69. The molecule has 0 radical (unpaired) electrons.